The number of phenols is 1. The average molecular weight is 429 g/mol. The van der Waals surface area contributed by atoms with Gasteiger partial charge in [-0.1, -0.05) is 12.1 Å². The van der Waals surface area contributed by atoms with E-state index >= 15 is 0 Å². The Hall–Kier alpha value is -4.00. The van der Waals surface area contributed by atoms with Gasteiger partial charge < -0.3 is 20.7 Å². The predicted octanol–water partition coefficient (Wildman–Crippen LogP) is 4.08. The summed E-state index contributed by atoms with van der Waals surface area (Å²) in [6.07, 6.45) is 3.49. The van der Waals surface area contributed by atoms with E-state index in [4.69, 9.17) is 15.6 Å². The molecule has 5 N–H and O–H groups in total. The van der Waals surface area contributed by atoms with Crippen LogP contribution in [0.3, 0.4) is 0 Å². The highest BCUT2D eigenvalue weighted by Crippen LogP contribution is 2.40. The van der Waals surface area contributed by atoms with E-state index < -0.39 is 5.97 Å². The number of anilines is 1. The zero-order chi connectivity index (χ0) is 22.2. The van der Waals surface area contributed by atoms with E-state index in [1.165, 1.54) is 0 Å². The number of nitrogens with two attached hydrogens (primary N) is 1. The fourth-order valence-electron chi connectivity index (χ4n) is 4.38. The van der Waals surface area contributed by atoms with Gasteiger partial charge in [0.05, 0.1) is 17.4 Å². The Labute approximate surface area is 184 Å². The van der Waals surface area contributed by atoms with Gasteiger partial charge in [0, 0.05) is 30.2 Å². The van der Waals surface area contributed by atoms with Crippen molar-refractivity contribution >= 4 is 22.6 Å². The molecule has 1 atom stereocenters. The molecule has 1 heterocycles. The number of nitrogens with zero attached hydrogens (tertiary/aromatic N) is 1. The summed E-state index contributed by atoms with van der Waals surface area (Å²) in [6, 6.07) is 15.1. The average Bonchev–Trinajstić information content (AvgIpc) is 3.39. The van der Waals surface area contributed by atoms with Crippen molar-refractivity contribution in [2.45, 2.75) is 31.8 Å². The number of rotatable bonds is 6. The molecule has 162 valence electrons. The predicted molar refractivity (Wildman–Crippen MR) is 122 cm³/mol. The second-order valence-corrected chi connectivity index (χ2v) is 8.23. The number of carboxylic acids is 1. The van der Waals surface area contributed by atoms with Gasteiger partial charge in [0.1, 0.15) is 17.6 Å². The van der Waals surface area contributed by atoms with Gasteiger partial charge in [-0.3, -0.25) is 9.89 Å². The summed E-state index contributed by atoms with van der Waals surface area (Å²) in [5, 5.41) is 26.9. The summed E-state index contributed by atoms with van der Waals surface area (Å²) in [7, 11) is 0. The molecule has 0 amide bonds. The van der Waals surface area contributed by atoms with Crippen molar-refractivity contribution in [3.8, 4) is 22.6 Å². The van der Waals surface area contributed by atoms with Crippen molar-refractivity contribution in [3.63, 3.8) is 0 Å². The summed E-state index contributed by atoms with van der Waals surface area (Å²) in [6.45, 7) is 0. The molecule has 4 aromatic rings. The first-order valence-corrected chi connectivity index (χ1v) is 10.5. The zero-order valence-electron chi connectivity index (χ0n) is 17.3. The van der Waals surface area contributed by atoms with Crippen molar-refractivity contribution in [1.82, 2.24) is 10.2 Å². The minimum absolute atomic E-state index is 0.0290. The lowest BCUT2D eigenvalue weighted by molar-refractivity contribution is -0.136. The van der Waals surface area contributed by atoms with E-state index in [0.717, 1.165) is 45.1 Å². The molecule has 3 aromatic carbocycles. The van der Waals surface area contributed by atoms with Gasteiger partial charge in [0.25, 0.3) is 0 Å². The Morgan fingerprint density at radius 1 is 1.12 bits per heavy atom. The van der Waals surface area contributed by atoms with Crippen molar-refractivity contribution < 1.29 is 19.7 Å². The molecule has 7 heteroatoms. The second-order valence-electron chi connectivity index (χ2n) is 8.23. The van der Waals surface area contributed by atoms with E-state index in [9.17, 15) is 9.90 Å². The maximum Gasteiger partial charge on any atom is 0.303 e. The molecule has 0 spiro atoms. The quantitative estimate of drug-likeness (QED) is 0.343. The smallest absolute Gasteiger partial charge is 0.303 e. The third-order valence-electron chi connectivity index (χ3n) is 5.93. The number of aliphatic carboxylic acids is 1. The molecule has 32 heavy (non-hydrogen) atoms. The number of benzene rings is 3. The minimum Gasteiger partial charge on any atom is -0.508 e. The maximum atomic E-state index is 11.1. The Morgan fingerprint density at radius 3 is 2.81 bits per heavy atom. The van der Waals surface area contributed by atoms with Crippen LogP contribution >= 0.6 is 0 Å². The third kappa shape index (κ3) is 3.85. The summed E-state index contributed by atoms with van der Waals surface area (Å²) in [5.41, 5.74) is 12.7. The third-order valence-corrected chi connectivity index (χ3v) is 5.93. The second kappa shape index (κ2) is 7.92. The summed E-state index contributed by atoms with van der Waals surface area (Å²) in [5.74, 6) is -0.00742. The molecular formula is C25H23N3O4. The van der Waals surface area contributed by atoms with Crippen LogP contribution in [0.1, 0.15) is 23.1 Å². The van der Waals surface area contributed by atoms with E-state index in [1.807, 2.05) is 30.3 Å². The maximum absolute atomic E-state index is 11.1. The van der Waals surface area contributed by atoms with Crippen LogP contribution in [0.5, 0.6) is 11.5 Å². The minimum atomic E-state index is -0.850. The van der Waals surface area contributed by atoms with Crippen molar-refractivity contribution in [2.24, 2.45) is 0 Å². The normalized spacial score (nSPS) is 15.1. The Morgan fingerprint density at radius 2 is 1.97 bits per heavy atom. The molecular weight excluding hydrogens is 406 g/mol. The van der Waals surface area contributed by atoms with Crippen LogP contribution in [0.2, 0.25) is 0 Å². The van der Waals surface area contributed by atoms with Crippen LogP contribution in [0, 0.1) is 0 Å². The van der Waals surface area contributed by atoms with Gasteiger partial charge in [-0.15, -0.1) is 0 Å². The Bertz CT molecular complexity index is 1330. The number of H-pyrrole nitrogens is 1. The fraction of sp³-hybridized carbons (Fsp3) is 0.200. The number of hydrogen-bond donors (Lipinski definition) is 4. The van der Waals surface area contributed by atoms with Crippen LogP contribution in [0.4, 0.5) is 5.69 Å². The van der Waals surface area contributed by atoms with Crippen LogP contribution < -0.4 is 10.5 Å². The van der Waals surface area contributed by atoms with E-state index in [2.05, 4.69) is 10.2 Å². The molecule has 0 aliphatic heterocycles. The lowest BCUT2D eigenvalue weighted by Gasteiger charge is -2.20. The summed E-state index contributed by atoms with van der Waals surface area (Å²) < 4.78 is 6.44. The number of hydrogen-bond acceptors (Lipinski definition) is 5. The SMILES string of the molecule is Nc1cc(CCC(=O)O)cc(-c2ccc3[nH]ncc3c2)c1OC1Cc2ccc(O)cc2C1. The number of carboxylic acid groups (broad SMARTS) is 1. The first-order chi connectivity index (χ1) is 15.5. The lowest BCUT2D eigenvalue weighted by atomic mass is 9.97. The van der Waals surface area contributed by atoms with Gasteiger partial charge in [-0.25, -0.2) is 0 Å². The first-order valence-electron chi connectivity index (χ1n) is 10.5. The number of phenolic OH excluding ortho intramolecular Hbond substituents is 1. The highest BCUT2D eigenvalue weighted by molar-refractivity contribution is 5.87. The molecule has 0 saturated heterocycles. The highest BCUT2D eigenvalue weighted by atomic mass is 16.5. The number of aromatic hydroxyl groups is 1. The summed E-state index contributed by atoms with van der Waals surface area (Å²) in [4.78, 5) is 11.1. The number of aryl methyl sites for hydroxylation is 1. The molecule has 1 aliphatic rings. The Balaban J connectivity index is 1.52. The fourth-order valence-corrected chi connectivity index (χ4v) is 4.38. The van der Waals surface area contributed by atoms with E-state index in [1.54, 1.807) is 24.4 Å². The highest BCUT2D eigenvalue weighted by Gasteiger charge is 2.25. The van der Waals surface area contributed by atoms with Crippen molar-refractivity contribution in [3.05, 3.63) is 71.4 Å². The number of aromatic amines is 1. The molecule has 1 unspecified atom stereocenters. The number of nitrogens with one attached hydrogen (secondary N) is 1. The van der Waals surface area contributed by atoms with E-state index in [-0.39, 0.29) is 18.3 Å². The number of carbonyl (C=O) groups is 1. The largest absolute Gasteiger partial charge is 0.508 e. The molecule has 1 aromatic heterocycles. The number of nitrogen functional groups attached to an aromatic ring is 1. The molecule has 1 aliphatic carbocycles. The van der Waals surface area contributed by atoms with E-state index in [0.29, 0.717) is 24.3 Å². The standard InChI is InChI=1S/C25H23N3O4/c26-22-8-14(1-6-24(30)31)7-21(16-3-5-23-18(9-16)13-27-28-23)25(22)32-20-11-15-2-4-19(29)10-17(15)12-20/h2-5,7-10,13,20,29H,1,6,11-12,26H2,(H,27,28)(H,30,31). The van der Waals surface area contributed by atoms with Gasteiger partial charge in [-0.2, -0.15) is 5.10 Å². The number of fused-ring (bicyclic) bond motifs is 2. The summed E-state index contributed by atoms with van der Waals surface area (Å²) >= 11 is 0. The monoisotopic (exact) mass is 429 g/mol. The Kier molecular flexibility index (Phi) is 4.93. The molecule has 0 bridgehead atoms. The zero-order valence-corrected chi connectivity index (χ0v) is 17.3. The molecule has 0 fully saturated rings. The lowest BCUT2D eigenvalue weighted by Crippen LogP contribution is -2.18. The van der Waals surface area contributed by atoms with Gasteiger partial charge in [0.15, 0.2) is 0 Å². The number of ether oxygens (including phenoxy) is 1. The van der Waals surface area contributed by atoms with Crippen molar-refractivity contribution in [2.75, 3.05) is 5.73 Å². The topological polar surface area (TPSA) is 121 Å². The van der Waals surface area contributed by atoms with Crippen molar-refractivity contribution in [1.29, 1.82) is 0 Å². The first kappa shape index (κ1) is 19.9. The molecule has 0 saturated carbocycles. The molecule has 7 nitrogen and oxygen atoms in total. The van der Waals surface area contributed by atoms with Gasteiger partial charge in [0.2, 0.25) is 0 Å². The van der Waals surface area contributed by atoms with Gasteiger partial charge in [-0.05, 0) is 65.1 Å². The van der Waals surface area contributed by atoms with Crippen LogP contribution in [-0.2, 0) is 24.1 Å². The van der Waals surface area contributed by atoms with Crippen LogP contribution in [0.15, 0.2) is 54.7 Å². The van der Waals surface area contributed by atoms with Crippen LogP contribution in [-0.4, -0.2) is 32.5 Å². The number of aromatic nitrogens is 2. The molecule has 5 rings (SSSR count). The van der Waals surface area contributed by atoms with Crippen LogP contribution in [0.25, 0.3) is 22.0 Å². The molecule has 0 radical (unpaired) electrons. The van der Waals surface area contributed by atoms with Gasteiger partial charge >= 0.3 is 5.97 Å².